The molecule has 2 heterocycles. The Balaban J connectivity index is 1.72. The van der Waals surface area contributed by atoms with Crippen LogP contribution in [-0.2, 0) is 6.54 Å². The molecule has 3 atom stereocenters. The minimum absolute atomic E-state index is 0.131. The highest BCUT2D eigenvalue weighted by Gasteiger charge is 2.43. The van der Waals surface area contributed by atoms with Gasteiger partial charge < -0.3 is 15.0 Å². The highest BCUT2D eigenvalue weighted by atomic mass is 16.3. The Hall–Kier alpha value is -2.15. The van der Waals surface area contributed by atoms with Crippen molar-refractivity contribution in [3.05, 3.63) is 36.2 Å². The molecule has 0 radical (unpaired) electrons. The molecule has 1 aliphatic carbocycles. The van der Waals surface area contributed by atoms with Crippen LogP contribution in [0.5, 0.6) is 0 Å². The molecular weight excluding hydrogens is 270 g/mol. The molecular formula is C14H19N5O2. The summed E-state index contributed by atoms with van der Waals surface area (Å²) in [5.41, 5.74) is 1.03. The fourth-order valence-electron chi connectivity index (χ4n) is 2.72. The number of hydrogen-bond donors (Lipinski definition) is 2. The Morgan fingerprint density at radius 1 is 1.57 bits per heavy atom. The smallest absolute Gasteiger partial charge is 0.287 e. The van der Waals surface area contributed by atoms with Crippen LogP contribution in [0.3, 0.4) is 0 Å². The summed E-state index contributed by atoms with van der Waals surface area (Å²) in [7, 11) is 0. The van der Waals surface area contributed by atoms with Crippen LogP contribution in [0, 0.1) is 6.92 Å². The van der Waals surface area contributed by atoms with Crippen LogP contribution in [0.25, 0.3) is 0 Å². The number of carbonyl (C=O) groups excluding carboxylic acids is 1. The van der Waals surface area contributed by atoms with Crippen molar-refractivity contribution < 1.29 is 9.90 Å². The van der Waals surface area contributed by atoms with E-state index in [0.29, 0.717) is 18.8 Å². The normalized spacial score (nSPS) is 24.6. The summed E-state index contributed by atoms with van der Waals surface area (Å²) in [6.07, 6.45) is 7.05. The van der Waals surface area contributed by atoms with E-state index in [1.54, 1.807) is 27.8 Å². The first-order valence-corrected chi connectivity index (χ1v) is 7.11. The van der Waals surface area contributed by atoms with Crippen LogP contribution in [0.2, 0.25) is 0 Å². The van der Waals surface area contributed by atoms with Gasteiger partial charge in [-0.1, -0.05) is 0 Å². The molecule has 0 saturated heterocycles. The lowest BCUT2D eigenvalue weighted by Gasteiger charge is -2.41. The second-order valence-electron chi connectivity index (χ2n) is 5.41. The molecule has 112 valence electrons. The van der Waals surface area contributed by atoms with Crippen LogP contribution >= 0.6 is 0 Å². The van der Waals surface area contributed by atoms with E-state index in [-0.39, 0.29) is 18.0 Å². The SMILES string of the molecule is CCn1ccnc1C(=O)N[C@H]1C[C@@H](O)[C@@H]1n1cc(C)cn1. The monoisotopic (exact) mass is 289 g/mol. The van der Waals surface area contributed by atoms with Gasteiger partial charge in [-0.15, -0.1) is 0 Å². The molecule has 0 aliphatic heterocycles. The molecule has 0 unspecified atom stereocenters. The second kappa shape index (κ2) is 5.33. The van der Waals surface area contributed by atoms with E-state index in [1.165, 1.54) is 0 Å². The summed E-state index contributed by atoms with van der Waals surface area (Å²) in [6, 6.07) is -0.346. The molecule has 2 aromatic heterocycles. The van der Waals surface area contributed by atoms with Gasteiger partial charge in [0.2, 0.25) is 0 Å². The molecule has 2 N–H and O–H groups in total. The zero-order chi connectivity index (χ0) is 15.0. The van der Waals surface area contributed by atoms with Gasteiger partial charge >= 0.3 is 0 Å². The van der Waals surface area contributed by atoms with Crippen molar-refractivity contribution in [2.75, 3.05) is 0 Å². The number of aliphatic hydroxyl groups is 1. The minimum atomic E-state index is -0.486. The number of amides is 1. The molecule has 3 rings (SSSR count). The largest absolute Gasteiger partial charge is 0.391 e. The maximum absolute atomic E-state index is 12.3. The molecule has 7 nitrogen and oxygen atoms in total. The lowest BCUT2D eigenvalue weighted by molar-refractivity contribution is -0.00610. The van der Waals surface area contributed by atoms with Crippen molar-refractivity contribution in [3.63, 3.8) is 0 Å². The Kier molecular flexibility index (Phi) is 3.50. The lowest BCUT2D eigenvalue weighted by atomic mass is 9.83. The third-order valence-corrected chi connectivity index (χ3v) is 3.91. The molecule has 0 spiro atoms. The molecule has 1 saturated carbocycles. The number of aryl methyl sites for hydroxylation is 2. The third-order valence-electron chi connectivity index (χ3n) is 3.91. The molecule has 7 heteroatoms. The van der Waals surface area contributed by atoms with Crippen molar-refractivity contribution in [2.24, 2.45) is 0 Å². The number of nitrogens with one attached hydrogen (secondary N) is 1. The number of aliphatic hydroxyl groups excluding tert-OH is 1. The molecule has 1 aliphatic rings. The lowest BCUT2D eigenvalue weighted by Crippen LogP contribution is -2.56. The maximum Gasteiger partial charge on any atom is 0.287 e. The zero-order valence-electron chi connectivity index (χ0n) is 12.1. The van der Waals surface area contributed by atoms with Gasteiger partial charge in [-0.3, -0.25) is 9.48 Å². The van der Waals surface area contributed by atoms with Crippen molar-refractivity contribution in [2.45, 2.75) is 45.0 Å². The van der Waals surface area contributed by atoms with E-state index >= 15 is 0 Å². The molecule has 21 heavy (non-hydrogen) atoms. The quantitative estimate of drug-likeness (QED) is 0.859. The number of hydrogen-bond acceptors (Lipinski definition) is 4. The van der Waals surface area contributed by atoms with Crippen molar-refractivity contribution in [3.8, 4) is 0 Å². The average molecular weight is 289 g/mol. The Bertz CT molecular complexity index is 647. The van der Waals surface area contributed by atoms with Crippen molar-refractivity contribution >= 4 is 5.91 Å². The zero-order valence-corrected chi connectivity index (χ0v) is 12.1. The van der Waals surface area contributed by atoms with Gasteiger partial charge in [0.15, 0.2) is 5.82 Å². The highest BCUT2D eigenvalue weighted by Crippen LogP contribution is 2.32. The average Bonchev–Trinajstić information content (AvgIpc) is 3.06. The van der Waals surface area contributed by atoms with Gasteiger partial charge in [-0.05, 0) is 25.8 Å². The molecule has 0 bridgehead atoms. The standard InChI is InChI=1S/C14H19N5O2/c1-3-18-5-4-15-13(18)14(21)17-10-6-11(20)12(10)19-8-9(2)7-16-19/h4-5,7-8,10-12,20H,3,6H2,1-2H3,(H,17,21)/t10-,11+,12+/m0/s1. The Morgan fingerprint density at radius 2 is 2.38 bits per heavy atom. The fourth-order valence-corrected chi connectivity index (χ4v) is 2.72. The number of rotatable bonds is 4. The first-order chi connectivity index (χ1) is 10.1. The first kappa shape index (κ1) is 13.8. The predicted octanol–water partition coefficient (Wildman–Crippen LogP) is 0.512. The summed E-state index contributed by atoms with van der Waals surface area (Å²) >= 11 is 0. The summed E-state index contributed by atoms with van der Waals surface area (Å²) in [4.78, 5) is 16.4. The van der Waals surface area contributed by atoms with E-state index in [4.69, 9.17) is 0 Å². The van der Waals surface area contributed by atoms with Crippen molar-refractivity contribution in [1.82, 2.24) is 24.6 Å². The van der Waals surface area contributed by atoms with Crippen LogP contribution in [0.4, 0.5) is 0 Å². The van der Waals surface area contributed by atoms with Crippen molar-refractivity contribution in [1.29, 1.82) is 0 Å². The molecule has 1 fully saturated rings. The Labute approximate surface area is 122 Å². The summed E-state index contributed by atoms with van der Waals surface area (Å²) in [6.45, 7) is 4.60. The van der Waals surface area contributed by atoms with Gasteiger partial charge in [0.1, 0.15) is 0 Å². The van der Waals surface area contributed by atoms with Gasteiger partial charge in [0.05, 0.1) is 24.4 Å². The minimum Gasteiger partial charge on any atom is -0.391 e. The van der Waals surface area contributed by atoms with Crippen LogP contribution in [0.1, 0.15) is 35.6 Å². The van der Waals surface area contributed by atoms with E-state index < -0.39 is 6.10 Å². The number of nitrogens with zero attached hydrogens (tertiary/aromatic N) is 4. The predicted molar refractivity (Wildman–Crippen MR) is 75.8 cm³/mol. The Morgan fingerprint density at radius 3 is 3.00 bits per heavy atom. The summed E-state index contributed by atoms with van der Waals surface area (Å²) < 4.78 is 3.51. The first-order valence-electron chi connectivity index (χ1n) is 7.11. The number of imidazole rings is 1. The number of carbonyl (C=O) groups is 1. The second-order valence-corrected chi connectivity index (χ2v) is 5.41. The topological polar surface area (TPSA) is 85.0 Å². The van der Waals surface area contributed by atoms with Crippen LogP contribution in [-0.4, -0.2) is 42.5 Å². The molecule has 1 amide bonds. The van der Waals surface area contributed by atoms with Gasteiger partial charge in [0, 0.05) is 25.1 Å². The summed E-state index contributed by atoms with van der Waals surface area (Å²) in [5, 5.41) is 17.1. The molecule has 2 aromatic rings. The van der Waals surface area contributed by atoms with Gasteiger partial charge in [0.25, 0.3) is 5.91 Å². The third kappa shape index (κ3) is 2.44. The maximum atomic E-state index is 12.3. The fraction of sp³-hybridized carbons (Fsp3) is 0.500. The van der Waals surface area contributed by atoms with E-state index in [0.717, 1.165) is 5.56 Å². The van der Waals surface area contributed by atoms with Gasteiger partial charge in [-0.25, -0.2) is 4.98 Å². The van der Waals surface area contributed by atoms with Crippen LogP contribution < -0.4 is 5.32 Å². The van der Waals surface area contributed by atoms with E-state index in [1.807, 2.05) is 20.0 Å². The summed E-state index contributed by atoms with van der Waals surface area (Å²) in [5.74, 6) is 0.182. The van der Waals surface area contributed by atoms with E-state index in [2.05, 4.69) is 15.4 Å². The highest BCUT2D eigenvalue weighted by molar-refractivity contribution is 5.91. The van der Waals surface area contributed by atoms with Crippen LogP contribution in [0.15, 0.2) is 24.8 Å². The van der Waals surface area contributed by atoms with E-state index in [9.17, 15) is 9.90 Å². The van der Waals surface area contributed by atoms with Gasteiger partial charge in [-0.2, -0.15) is 5.10 Å². The molecule has 0 aromatic carbocycles. The number of aromatic nitrogens is 4.